The molecule has 5 heteroatoms. The molecule has 0 aliphatic carbocycles. The van der Waals surface area contributed by atoms with Crippen LogP contribution in [0, 0.1) is 6.92 Å². The van der Waals surface area contributed by atoms with Crippen molar-refractivity contribution in [2.75, 3.05) is 0 Å². The Hall–Kier alpha value is -2.43. The van der Waals surface area contributed by atoms with Gasteiger partial charge >= 0.3 is 6.18 Å². The summed E-state index contributed by atoms with van der Waals surface area (Å²) in [6, 6.07) is 10.9. The predicted molar refractivity (Wildman–Crippen MR) is 76.7 cm³/mol. The van der Waals surface area contributed by atoms with Crippen LogP contribution in [0.4, 0.5) is 13.2 Å². The number of alkyl halides is 3. The molecule has 114 valence electrons. The minimum Gasteiger partial charge on any atom is -0.488 e. The Morgan fingerprint density at radius 2 is 1.86 bits per heavy atom. The summed E-state index contributed by atoms with van der Waals surface area (Å²) in [7, 11) is 0. The lowest BCUT2D eigenvalue weighted by molar-refractivity contribution is -0.139. The van der Waals surface area contributed by atoms with Crippen LogP contribution >= 0.6 is 0 Å². The Balaban J connectivity index is 1.86. The maximum atomic E-state index is 12.9. The molecular formula is C17H13F3O2. The summed E-state index contributed by atoms with van der Waals surface area (Å²) in [5.41, 5.74) is 1.69. The number of hydrogen-bond donors (Lipinski definition) is 0. The lowest BCUT2D eigenvalue weighted by Gasteiger charge is -2.13. The largest absolute Gasteiger partial charge is 0.488 e. The third kappa shape index (κ3) is 2.79. The number of furan rings is 1. The molecule has 0 bridgehead atoms. The number of halogens is 3. The van der Waals surface area contributed by atoms with Crippen molar-refractivity contribution in [1.29, 1.82) is 0 Å². The summed E-state index contributed by atoms with van der Waals surface area (Å²) >= 11 is 0. The van der Waals surface area contributed by atoms with E-state index < -0.39 is 11.7 Å². The zero-order valence-corrected chi connectivity index (χ0v) is 11.8. The highest BCUT2D eigenvalue weighted by molar-refractivity contribution is 5.81. The number of benzene rings is 2. The molecule has 0 aliphatic rings. The van der Waals surface area contributed by atoms with E-state index >= 15 is 0 Å². The van der Waals surface area contributed by atoms with Crippen molar-refractivity contribution < 1.29 is 22.3 Å². The maximum Gasteiger partial charge on any atom is 0.419 e. The fourth-order valence-electron chi connectivity index (χ4n) is 2.28. The van der Waals surface area contributed by atoms with Crippen LogP contribution < -0.4 is 4.74 Å². The Kier molecular flexibility index (Phi) is 3.56. The molecule has 0 radical (unpaired) electrons. The van der Waals surface area contributed by atoms with E-state index in [1.807, 2.05) is 25.1 Å². The lowest BCUT2D eigenvalue weighted by Crippen LogP contribution is -2.08. The fraction of sp³-hybridized carbons (Fsp3) is 0.176. The van der Waals surface area contributed by atoms with Crippen LogP contribution in [0.3, 0.4) is 0 Å². The van der Waals surface area contributed by atoms with Gasteiger partial charge in [-0.3, -0.25) is 0 Å². The van der Waals surface area contributed by atoms with Crippen LogP contribution in [0.2, 0.25) is 0 Å². The molecule has 0 saturated carbocycles. The number of fused-ring (bicyclic) bond motifs is 1. The van der Waals surface area contributed by atoms with Gasteiger partial charge in [0.15, 0.2) is 0 Å². The number of para-hydroxylation sites is 1. The molecular weight excluding hydrogens is 293 g/mol. The SMILES string of the molecule is Cc1ccc2c(COc3ccccc3C(F)(F)F)coc2c1. The summed E-state index contributed by atoms with van der Waals surface area (Å²) in [4.78, 5) is 0. The van der Waals surface area contributed by atoms with Gasteiger partial charge in [0.2, 0.25) is 0 Å². The van der Waals surface area contributed by atoms with Crippen LogP contribution in [0.15, 0.2) is 53.1 Å². The molecule has 3 aromatic rings. The third-order valence-electron chi connectivity index (χ3n) is 3.39. The second-order valence-electron chi connectivity index (χ2n) is 5.04. The number of aryl methyl sites for hydroxylation is 1. The van der Waals surface area contributed by atoms with Crippen molar-refractivity contribution >= 4 is 11.0 Å². The molecule has 3 rings (SSSR count). The van der Waals surface area contributed by atoms with E-state index in [4.69, 9.17) is 9.15 Å². The first-order valence-corrected chi connectivity index (χ1v) is 6.71. The van der Waals surface area contributed by atoms with Gasteiger partial charge in [-0.2, -0.15) is 13.2 Å². The summed E-state index contributed by atoms with van der Waals surface area (Å²) in [6.45, 7) is 1.96. The van der Waals surface area contributed by atoms with Gasteiger partial charge in [-0.15, -0.1) is 0 Å². The van der Waals surface area contributed by atoms with Crippen LogP contribution in [-0.4, -0.2) is 0 Å². The van der Waals surface area contributed by atoms with E-state index in [0.29, 0.717) is 11.1 Å². The molecule has 0 aliphatic heterocycles. The quantitative estimate of drug-likeness (QED) is 0.652. The van der Waals surface area contributed by atoms with Gasteiger partial charge in [0, 0.05) is 10.9 Å². The highest BCUT2D eigenvalue weighted by Gasteiger charge is 2.34. The van der Waals surface area contributed by atoms with E-state index in [-0.39, 0.29) is 12.4 Å². The molecule has 0 unspecified atom stereocenters. The van der Waals surface area contributed by atoms with Crippen molar-refractivity contribution in [2.45, 2.75) is 19.7 Å². The molecule has 0 amide bonds. The Labute approximate surface area is 125 Å². The van der Waals surface area contributed by atoms with Crippen molar-refractivity contribution in [3.05, 3.63) is 65.4 Å². The van der Waals surface area contributed by atoms with Gasteiger partial charge in [-0.25, -0.2) is 0 Å². The van der Waals surface area contributed by atoms with Gasteiger partial charge in [0.25, 0.3) is 0 Å². The van der Waals surface area contributed by atoms with Crippen molar-refractivity contribution in [1.82, 2.24) is 0 Å². The zero-order valence-electron chi connectivity index (χ0n) is 11.8. The van der Waals surface area contributed by atoms with E-state index in [0.717, 1.165) is 17.0 Å². The van der Waals surface area contributed by atoms with Gasteiger partial charge < -0.3 is 9.15 Å². The molecule has 0 fully saturated rings. The summed E-state index contributed by atoms with van der Waals surface area (Å²) in [5.74, 6) is -0.184. The molecule has 1 aromatic heterocycles. The van der Waals surface area contributed by atoms with Crippen LogP contribution in [0.5, 0.6) is 5.75 Å². The molecule has 0 spiro atoms. The average molecular weight is 306 g/mol. The summed E-state index contributed by atoms with van der Waals surface area (Å²) < 4.78 is 49.5. The average Bonchev–Trinajstić information content (AvgIpc) is 2.86. The first-order chi connectivity index (χ1) is 10.4. The van der Waals surface area contributed by atoms with Crippen LogP contribution in [0.1, 0.15) is 16.7 Å². The van der Waals surface area contributed by atoms with E-state index in [9.17, 15) is 13.2 Å². The van der Waals surface area contributed by atoms with E-state index in [2.05, 4.69) is 0 Å². The number of hydrogen-bond acceptors (Lipinski definition) is 2. The van der Waals surface area contributed by atoms with Crippen LogP contribution in [0.25, 0.3) is 11.0 Å². The van der Waals surface area contributed by atoms with Crippen LogP contribution in [-0.2, 0) is 12.8 Å². The number of rotatable bonds is 3. The highest BCUT2D eigenvalue weighted by Crippen LogP contribution is 2.36. The normalized spacial score (nSPS) is 11.8. The van der Waals surface area contributed by atoms with Crippen molar-refractivity contribution in [3.63, 3.8) is 0 Å². The highest BCUT2D eigenvalue weighted by atomic mass is 19.4. The second-order valence-corrected chi connectivity index (χ2v) is 5.04. The monoisotopic (exact) mass is 306 g/mol. The van der Waals surface area contributed by atoms with Gasteiger partial charge in [0.1, 0.15) is 17.9 Å². The van der Waals surface area contributed by atoms with E-state index in [1.165, 1.54) is 24.5 Å². The second kappa shape index (κ2) is 5.40. The standard InChI is InChI=1S/C17H13F3O2/c1-11-6-7-13-12(10-22-16(13)8-11)9-21-15-5-3-2-4-14(15)17(18,19)20/h2-8,10H,9H2,1H3. The zero-order chi connectivity index (χ0) is 15.7. The van der Waals surface area contributed by atoms with Gasteiger partial charge in [-0.05, 0) is 30.7 Å². The Morgan fingerprint density at radius 1 is 1.09 bits per heavy atom. The maximum absolute atomic E-state index is 12.9. The van der Waals surface area contributed by atoms with E-state index in [1.54, 1.807) is 0 Å². The molecule has 22 heavy (non-hydrogen) atoms. The molecule has 0 N–H and O–H groups in total. The minimum atomic E-state index is -4.44. The predicted octanol–water partition coefficient (Wildman–Crippen LogP) is 5.34. The Bertz CT molecular complexity index is 803. The summed E-state index contributed by atoms with van der Waals surface area (Å²) in [5, 5.41) is 0.843. The first-order valence-electron chi connectivity index (χ1n) is 6.71. The molecule has 2 nitrogen and oxygen atoms in total. The molecule has 0 atom stereocenters. The lowest BCUT2D eigenvalue weighted by atomic mass is 10.1. The van der Waals surface area contributed by atoms with Gasteiger partial charge in [-0.1, -0.05) is 24.3 Å². The molecule has 2 aromatic carbocycles. The van der Waals surface area contributed by atoms with Gasteiger partial charge in [0.05, 0.1) is 11.8 Å². The van der Waals surface area contributed by atoms with Crippen molar-refractivity contribution in [3.8, 4) is 5.75 Å². The molecule has 0 saturated heterocycles. The fourth-order valence-corrected chi connectivity index (χ4v) is 2.28. The number of ether oxygens (including phenoxy) is 1. The smallest absolute Gasteiger partial charge is 0.419 e. The van der Waals surface area contributed by atoms with Crippen molar-refractivity contribution in [2.24, 2.45) is 0 Å². The topological polar surface area (TPSA) is 22.4 Å². The minimum absolute atomic E-state index is 0.0170. The first kappa shape index (κ1) is 14.5. The Morgan fingerprint density at radius 3 is 2.64 bits per heavy atom. The molecule has 1 heterocycles. The third-order valence-corrected chi connectivity index (χ3v) is 3.39. The summed E-state index contributed by atoms with van der Waals surface area (Å²) in [6.07, 6.45) is -2.92.